The molecule has 24 heavy (non-hydrogen) atoms. The molecule has 0 atom stereocenters. The summed E-state index contributed by atoms with van der Waals surface area (Å²) in [6, 6.07) is 10.3. The van der Waals surface area contributed by atoms with E-state index in [2.05, 4.69) is 48.9 Å². The molecule has 0 aliphatic carbocycles. The molecule has 2 aromatic rings. The van der Waals surface area contributed by atoms with E-state index < -0.39 is 0 Å². The Bertz CT molecular complexity index is 855. The fraction of sp³-hybridized carbons (Fsp3) is 0.238. The Hall–Kier alpha value is -3.04. The molecule has 0 saturated carbocycles. The Morgan fingerprint density at radius 2 is 1.71 bits per heavy atom. The van der Waals surface area contributed by atoms with Crippen LogP contribution in [-0.4, -0.2) is 20.3 Å². The van der Waals surface area contributed by atoms with E-state index in [1.165, 1.54) is 22.4 Å². The summed E-state index contributed by atoms with van der Waals surface area (Å²) in [6.07, 6.45) is 10.6. The van der Waals surface area contributed by atoms with Crippen molar-refractivity contribution < 1.29 is 9.47 Å². The van der Waals surface area contributed by atoms with E-state index in [0.717, 1.165) is 12.1 Å². The molecule has 0 fully saturated rings. The second-order valence-corrected chi connectivity index (χ2v) is 5.77. The van der Waals surface area contributed by atoms with Crippen LogP contribution in [0.15, 0.2) is 30.3 Å². The average Bonchev–Trinajstić information content (AvgIpc) is 2.58. The van der Waals surface area contributed by atoms with Crippen molar-refractivity contribution in [3.05, 3.63) is 41.5 Å². The molecule has 0 aromatic heterocycles. The summed E-state index contributed by atoms with van der Waals surface area (Å²) in [6.45, 7) is 3.30. The van der Waals surface area contributed by atoms with Crippen molar-refractivity contribution in [2.45, 2.75) is 13.5 Å². The molecule has 1 aliphatic heterocycles. The van der Waals surface area contributed by atoms with Crippen LogP contribution in [0.4, 0.5) is 5.69 Å². The average molecular weight is 317 g/mol. The Labute approximate surface area is 143 Å². The molecule has 0 amide bonds. The highest BCUT2D eigenvalue weighted by atomic mass is 16.5. The fourth-order valence-electron chi connectivity index (χ4n) is 3.17. The van der Waals surface area contributed by atoms with E-state index in [1.54, 1.807) is 0 Å². The summed E-state index contributed by atoms with van der Waals surface area (Å²) in [7, 11) is 2.10. The molecule has 0 N–H and O–H groups in total. The zero-order chi connectivity index (χ0) is 17.1. The summed E-state index contributed by atoms with van der Waals surface area (Å²) in [5.41, 5.74) is 6.00. The van der Waals surface area contributed by atoms with Crippen LogP contribution < -0.4 is 14.4 Å². The Morgan fingerprint density at radius 3 is 2.38 bits per heavy atom. The molecule has 0 unspecified atom stereocenters. The molecular weight excluding hydrogens is 298 g/mol. The van der Waals surface area contributed by atoms with Crippen LogP contribution in [0.5, 0.6) is 11.5 Å². The van der Waals surface area contributed by atoms with Crippen LogP contribution in [-0.2, 0) is 6.54 Å². The Balaban J connectivity index is 2.14. The van der Waals surface area contributed by atoms with E-state index in [4.69, 9.17) is 22.3 Å². The maximum Gasteiger partial charge on any atom is 0.163 e. The van der Waals surface area contributed by atoms with Gasteiger partial charge in [0.05, 0.1) is 0 Å². The third-order valence-corrected chi connectivity index (χ3v) is 4.11. The first-order valence-corrected chi connectivity index (χ1v) is 7.76. The molecule has 1 aliphatic rings. The minimum Gasteiger partial charge on any atom is -0.477 e. The smallest absolute Gasteiger partial charge is 0.163 e. The Morgan fingerprint density at radius 1 is 1.04 bits per heavy atom. The van der Waals surface area contributed by atoms with Gasteiger partial charge in [0.2, 0.25) is 0 Å². The van der Waals surface area contributed by atoms with Gasteiger partial charge in [0.25, 0.3) is 0 Å². The number of fused-ring (bicyclic) bond motifs is 3. The molecule has 3 heteroatoms. The highest BCUT2D eigenvalue weighted by Gasteiger charge is 2.23. The number of aryl methyl sites for hydroxylation is 1. The van der Waals surface area contributed by atoms with E-state index in [1.807, 2.05) is 12.1 Å². The van der Waals surface area contributed by atoms with Crippen molar-refractivity contribution in [1.82, 2.24) is 0 Å². The van der Waals surface area contributed by atoms with Gasteiger partial charge >= 0.3 is 0 Å². The number of nitrogens with zero attached hydrogens (tertiary/aromatic N) is 1. The monoisotopic (exact) mass is 317 g/mol. The minimum atomic E-state index is 0.186. The van der Waals surface area contributed by atoms with Crippen molar-refractivity contribution in [2.75, 3.05) is 25.2 Å². The van der Waals surface area contributed by atoms with Crippen LogP contribution in [0, 0.1) is 31.6 Å². The van der Waals surface area contributed by atoms with Crippen LogP contribution in [0.3, 0.4) is 0 Å². The number of terminal acetylenes is 2. The maximum atomic E-state index is 5.68. The SMILES string of the molecule is C#CCOc1cc2c(cc1OCC#C)-c1cccc(C)c1N(C)C2. The molecule has 0 saturated heterocycles. The number of hydrogen-bond donors (Lipinski definition) is 0. The zero-order valence-electron chi connectivity index (χ0n) is 13.9. The summed E-state index contributed by atoms with van der Waals surface area (Å²) < 4.78 is 11.3. The minimum absolute atomic E-state index is 0.186. The van der Waals surface area contributed by atoms with Gasteiger partial charge in [0.1, 0.15) is 13.2 Å². The van der Waals surface area contributed by atoms with Crippen LogP contribution in [0.2, 0.25) is 0 Å². The molecule has 3 nitrogen and oxygen atoms in total. The maximum absolute atomic E-state index is 5.68. The van der Waals surface area contributed by atoms with E-state index in [0.29, 0.717) is 11.5 Å². The number of anilines is 1. The first-order valence-electron chi connectivity index (χ1n) is 7.76. The second kappa shape index (κ2) is 6.60. The van der Waals surface area contributed by atoms with E-state index in [9.17, 15) is 0 Å². The molecule has 0 bridgehead atoms. The number of rotatable bonds is 4. The predicted molar refractivity (Wildman–Crippen MR) is 97.4 cm³/mol. The molecule has 120 valence electrons. The van der Waals surface area contributed by atoms with Gasteiger partial charge < -0.3 is 14.4 Å². The number of hydrogen-bond acceptors (Lipinski definition) is 3. The van der Waals surface area contributed by atoms with E-state index in [-0.39, 0.29) is 13.2 Å². The van der Waals surface area contributed by atoms with Crippen molar-refractivity contribution in [3.63, 3.8) is 0 Å². The van der Waals surface area contributed by atoms with Gasteiger partial charge in [-0.15, -0.1) is 12.8 Å². The van der Waals surface area contributed by atoms with Gasteiger partial charge in [-0.25, -0.2) is 0 Å². The third kappa shape index (κ3) is 2.77. The van der Waals surface area contributed by atoms with Crippen molar-refractivity contribution in [1.29, 1.82) is 0 Å². The topological polar surface area (TPSA) is 21.7 Å². The number of para-hydroxylation sites is 1. The lowest BCUT2D eigenvalue weighted by Crippen LogP contribution is -2.22. The molecular formula is C21H19NO2. The molecule has 3 rings (SSSR count). The van der Waals surface area contributed by atoms with Crippen molar-refractivity contribution in [3.8, 4) is 47.3 Å². The van der Waals surface area contributed by atoms with Gasteiger partial charge in [0.15, 0.2) is 11.5 Å². The Kier molecular flexibility index (Phi) is 4.36. The lowest BCUT2D eigenvalue weighted by Gasteiger charge is -2.31. The lowest BCUT2D eigenvalue weighted by atomic mass is 9.91. The fourth-order valence-corrected chi connectivity index (χ4v) is 3.17. The summed E-state index contributed by atoms with van der Waals surface area (Å²) >= 11 is 0. The van der Waals surface area contributed by atoms with Gasteiger partial charge in [-0.05, 0) is 35.7 Å². The highest BCUT2D eigenvalue weighted by molar-refractivity contribution is 5.86. The van der Waals surface area contributed by atoms with Crippen LogP contribution in [0.1, 0.15) is 11.1 Å². The standard InChI is InChI=1S/C21H19NO2/c1-5-10-23-19-12-16-14-22(4)21-15(3)8-7-9-17(21)18(16)13-20(19)24-11-6-2/h1-2,7-9,12-13H,10-11,14H2,3-4H3. The highest BCUT2D eigenvalue weighted by Crippen LogP contribution is 2.44. The normalized spacial score (nSPS) is 11.8. The quantitative estimate of drug-likeness (QED) is 0.804. The molecule has 0 radical (unpaired) electrons. The van der Waals surface area contributed by atoms with Gasteiger partial charge in [-0.1, -0.05) is 30.0 Å². The molecule has 0 spiro atoms. The van der Waals surface area contributed by atoms with Gasteiger partial charge in [0, 0.05) is 24.8 Å². The predicted octanol–water partition coefficient (Wildman–Crippen LogP) is 3.64. The first kappa shape index (κ1) is 15.8. The van der Waals surface area contributed by atoms with Gasteiger partial charge in [-0.3, -0.25) is 0 Å². The van der Waals surface area contributed by atoms with Gasteiger partial charge in [-0.2, -0.15) is 0 Å². The largest absolute Gasteiger partial charge is 0.477 e. The van der Waals surface area contributed by atoms with Crippen LogP contribution >= 0.6 is 0 Å². The lowest BCUT2D eigenvalue weighted by molar-refractivity contribution is 0.314. The second-order valence-electron chi connectivity index (χ2n) is 5.77. The third-order valence-electron chi connectivity index (χ3n) is 4.11. The summed E-state index contributed by atoms with van der Waals surface area (Å²) in [4.78, 5) is 2.25. The molecule has 2 aromatic carbocycles. The molecule has 1 heterocycles. The summed E-state index contributed by atoms with van der Waals surface area (Å²) in [5, 5.41) is 0. The first-order chi connectivity index (χ1) is 11.7. The number of benzene rings is 2. The van der Waals surface area contributed by atoms with Crippen molar-refractivity contribution >= 4 is 5.69 Å². The zero-order valence-corrected chi connectivity index (χ0v) is 13.9. The van der Waals surface area contributed by atoms with Crippen LogP contribution in [0.25, 0.3) is 11.1 Å². The summed E-state index contributed by atoms with van der Waals surface area (Å²) in [5.74, 6) is 6.23. The van der Waals surface area contributed by atoms with Crippen molar-refractivity contribution in [2.24, 2.45) is 0 Å². The number of ether oxygens (including phenoxy) is 2. The van der Waals surface area contributed by atoms with E-state index >= 15 is 0 Å².